The van der Waals surface area contributed by atoms with Gasteiger partial charge < -0.3 is 14.7 Å². The number of nitrogens with zero attached hydrogens (tertiary/aromatic N) is 1. The monoisotopic (exact) mass is 437 g/mol. The minimum Gasteiger partial charge on any atom is -0.488 e. The molecule has 0 spiro atoms. The molecular formula is C24H21Cl2N3O. The van der Waals surface area contributed by atoms with E-state index >= 15 is 0 Å². The zero-order valence-corrected chi connectivity index (χ0v) is 17.9. The molecule has 4 nitrogen and oxygen atoms in total. The maximum Gasteiger partial charge on any atom is 0.167 e. The van der Waals surface area contributed by atoms with Gasteiger partial charge in [-0.05, 0) is 68.4 Å². The minimum atomic E-state index is 0.653. The Morgan fingerprint density at radius 3 is 1.90 bits per heavy atom. The number of fused-ring (bicyclic) bond motifs is 6. The highest BCUT2D eigenvalue weighted by Gasteiger charge is 2.19. The summed E-state index contributed by atoms with van der Waals surface area (Å²) < 4.78 is 6.44. The zero-order chi connectivity index (χ0) is 20.2. The highest BCUT2D eigenvalue weighted by atomic mass is 35.5. The summed E-state index contributed by atoms with van der Waals surface area (Å²) in [5, 5.41) is 5.86. The Kier molecular flexibility index (Phi) is 4.34. The van der Waals surface area contributed by atoms with Crippen molar-refractivity contribution >= 4 is 66.8 Å². The quantitative estimate of drug-likeness (QED) is 0.327. The van der Waals surface area contributed by atoms with E-state index in [-0.39, 0.29) is 0 Å². The summed E-state index contributed by atoms with van der Waals surface area (Å²) in [7, 11) is 0. The standard InChI is InChI=1S/C24H21Cl2N3O/c25-14-3-5-20-16(11-14)18-13-19-17-12-15(26)4-6-21(17)28-23(19)24(22(18)27-20)30-10-9-29-7-1-2-8-29/h3-6,11-13,27-28H,1-2,7-10H2. The van der Waals surface area contributed by atoms with Crippen LogP contribution in [-0.2, 0) is 0 Å². The lowest BCUT2D eigenvalue weighted by Crippen LogP contribution is -2.25. The van der Waals surface area contributed by atoms with Crippen LogP contribution >= 0.6 is 23.2 Å². The van der Waals surface area contributed by atoms with E-state index < -0.39 is 0 Å². The van der Waals surface area contributed by atoms with Crippen molar-refractivity contribution in [3.05, 3.63) is 52.5 Å². The van der Waals surface area contributed by atoms with Crippen LogP contribution in [-0.4, -0.2) is 41.1 Å². The van der Waals surface area contributed by atoms with E-state index in [1.165, 1.54) is 25.9 Å². The molecule has 0 saturated carbocycles. The number of ether oxygens (including phenoxy) is 1. The number of hydrogen-bond acceptors (Lipinski definition) is 2. The van der Waals surface area contributed by atoms with Crippen LogP contribution in [0.25, 0.3) is 43.6 Å². The molecule has 1 aliphatic rings. The first-order valence-electron chi connectivity index (χ1n) is 10.4. The van der Waals surface area contributed by atoms with Gasteiger partial charge >= 0.3 is 0 Å². The third-order valence-corrected chi connectivity index (χ3v) is 6.67. The van der Waals surface area contributed by atoms with Gasteiger partial charge in [0, 0.05) is 49.2 Å². The number of hydrogen-bond donors (Lipinski definition) is 2. The second-order valence-electron chi connectivity index (χ2n) is 8.08. The lowest BCUT2D eigenvalue weighted by Gasteiger charge is -2.15. The number of nitrogens with one attached hydrogen (secondary N) is 2. The fraction of sp³-hybridized carbons (Fsp3) is 0.250. The van der Waals surface area contributed by atoms with Crippen LogP contribution in [0.15, 0.2) is 42.5 Å². The Morgan fingerprint density at radius 1 is 0.767 bits per heavy atom. The Hall–Kier alpha value is -2.40. The average Bonchev–Trinajstić information content (AvgIpc) is 3.45. The molecule has 5 aromatic rings. The number of benzene rings is 3. The molecule has 6 heteroatoms. The minimum absolute atomic E-state index is 0.653. The molecule has 3 aromatic carbocycles. The molecule has 0 radical (unpaired) electrons. The molecule has 2 N–H and O–H groups in total. The number of halogens is 2. The Labute approximate surface area is 183 Å². The molecule has 1 aliphatic heterocycles. The zero-order valence-electron chi connectivity index (χ0n) is 16.4. The fourth-order valence-electron chi connectivity index (χ4n) is 4.72. The van der Waals surface area contributed by atoms with Crippen LogP contribution in [0.1, 0.15) is 12.8 Å². The molecule has 3 heterocycles. The van der Waals surface area contributed by atoms with Gasteiger partial charge in [0.15, 0.2) is 5.75 Å². The Balaban J connectivity index is 1.58. The first-order valence-corrected chi connectivity index (χ1v) is 11.1. The number of H-pyrrole nitrogens is 2. The molecule has 1 saturated heterocycles. The maximum atomic E-state index is 6.44. The van der Waals surface area contributed by atoms with E-state index in [1.54, 1.807) is 0 Å². The summed E-state index contributed by atoms with van der Waals surface area (Å²) >= 11 is 12.6. The topological polar surface area (TPSA) is 44.0 Å². The van der Waals surface area contributed by atoms with Crippen LogP contribution in [0, 0.1) is 0 Å². The average molecular weight is 438 g/mol. The lowest BCUT2D eigenvalue weighted by atomic mass is 10.1. The van der Waals surface area contributed by atoms with Gasteiger partial charge in [-0.25, -0.2) is 0 Å². The van der Waals surface area contributed by atoms with Gasteiger partial charge in [-0.15, -0.1) is 0 Å². The second-order valence-corrected chi connectivity index (χ2v) is 8.95. The van der Waals surface area contributed by atoms with E-state index in [0.717, 1.165) is 66.0 Å². The lowest BCUT2D eigenvalue weighted by molar-refractivity contribution is 0.241. The van der Waals surface area contributed by atoms with Crippen LogP contribution < -0.4 is 4.74 Å². The summed E-state index contributed by atoms with van der Waals surface area (Å²) in [5.74, 6) is 0.862. The van der Waals surface area contributed by atoms with Gasteiger partial charge in [0.1, 0.15) is 6.61 Å². The largest absolute Gasteiger partial charge is 0.488 e. The molecule has 0 atom stereocenters. The molecule has 2 aromatic heterocycles. The fourth-order valence-corrected chi connectivity index (χ4v) is 5.07. The van der Waals surface area contributed by atoms with Crippen LogP contribution in [0.3, 0.4) is 0 Å². The van der Waals surface area contributed by atoms with Crippen molar-refractivity contribution < 1.29 is 4.74 Å². The summed E-state index contributed by atoms with van der Waals surface area (Å²) in [6.45, 7) is 3.92. The number of aromatic amines is 2. The van der Waals surface area contributed by atoms with Crippen molar-refractivity contribution in [2.75, 3.05) is 26.2 Å². The van der Waals surface area contributed by atoms with Gasteiger partial charge in [0.25, 0.3) is 0 Å². The van der Waals surface area contributed by atoms with E-state index in [2.05, 4.69) is 20.9 Å². The SMILES string of the molecule is Clc1ccc2[nH]c3c(OCCN4CCCC4)c4[nH]c5ccc(Cl)cc5c4cc3c2c1. The summed E-state index contributed by atoms with van der Waals surface area (Å²) in [6, 6.07) is 14.1. The highest BCUT2D eigenvalue weighted by molar-refractivity contribution is 6.33. The normalized spacial score (nSPS) is 15.3. The number of rotatable bonds is 4. The summed E-state index contributed by atoms with van der Waals surface area (Å²) in [5.41, 5.74) is 4.10. The van der Waals surface area contributed by atoms with Crippen LogP contribution in [0.4, 0.5) is 0 Å². The van der Waals surface area contributed by atoms with Crippen molar-refractivity contribution in [3.63, 3.8) is 0 Å². The maximum absolute atomic E-state index is 6.44. The summed E-state index contributed by atoms with van der Waals surface area (Å²) in [6.07, 6.45) is 2.57. The van der Waals surface area contributed by atoms with E-state index in [0.29, 0.717) is 6.61 Å². The van der Waals surface area contributed by atoms with Gasteiger partial charge in [-0.1, -0.05) is 23.2 Å². The third kappa shape index (κ3) is 2.94. The molecule has 0 bridgehead atoms. The highest BCUT2D eigenvalue weighted by Crippen LogP contribution is 2.41. The van der Waals surface area contributed by atoms with Crippen molar-refractivity contribution in [2.24, 2.45) is 0 Å². The number of likely N-dealkylation sites (tertiary alicyclic amines) is 1. The van der Waals surface area contributed by atoms with Crippen molar-refractivity contribution in [3.8, 4) is 5.75 Å². The van der Waals surface area contributed by atoms with E-state index in [1.807, 2.05) is 36.4 Å². The second kappa shape index (κ2) is 7.09. The molecule has 0 amide bonds. The van der Waals surface area contributed by atoms with E-state index in [4.69, 9.17) is 27.9 Å². The van der Waals surface area contributed by atoms with Crippen molar-refractivity contribution in [1.82, 2.24) is 14.9 Å². The van der Waals surface area contributed by atoms with E-state index in [9.17, 15) is 0 Å². The van der Waals surface area contributed by atoms with Gasteiger partial charge in [0.2, 0.25) is 0 Å². The van der Waals surface area contributed by atoms with Gasteiger partial charge in [0.05, 0.1) is 11.0 Å². The molecule has 152 valence electrons. The predicted molar refractivity (Wildman–Crippen MR) is 126 cm³/mol. The first-order chi connectivity index (χ1) is 14.7. The molecule has 6 rings (SSSR count). The smallest absolute Gasteiger partial charge is 0.167 e. The summed E-state index contributed by atoms with van der Waals surface area (Å²) in [4.78, 5) is 9.58. The van der Waals surface area contributed by atoms with Crippen molar-refractivity contribution in [1.29, 1.82) is 0 Å². The Morgan fingerprint density at radius 2 is 1.33 bits per heavy atom. The van der Waals surface area contributed by atoms with Gasteiger partial charge in [-0.3, -0.25) is 4.90 Å². The third-order valence-electron chi connectivity index (χ3n) is 6.20. The molecular weight excluding hydrogens is 417 g/mol. The van der Waals surface area contributed by atoms with Crippen LogP contribution in [0.5, 0.6) is 5.75 Å². The first kappa shape index (κ1) is 18.4. The molecule has 1 fully saturated rings. The number of aromatic nitrogens is 2. The molecule has 0 aliphatic carbocycles. The predicted octanol–water partition coefficient (Wildman–Crippen LogP) is 6.74. The Bertz CT molecular complexity index is 1320. The van der Waals surface area contributed by atoms with Gasteiger partial charge in [-0.2, -0.15) is 0 Å². The molecule has 30 heavy (non-hydrogen) atoms. The van der Waals surface area contributed by atoms with Crippen LogP contribution in [0.2, 0.25) is 10.0 Å². The van der Waals surface area contributed by atoms with Crippen molar-refractivity contribution in [2.45, 2.75) is 12.8 Å². The molecule has 0 unspecified atom stereocenters.